The van der Waals surface area contributed by atoms with Crippen molar-refractivity contribution in [2.75, 3.05) is 0 Å². The molecule has 1 N–H and O–H groups in total. The highest BCUT2D eigenvalue weighted by atomic mass is 32.1. The van der Waals surface area contributed by atoms with E-state index in [9.17, 15) is 5.11 Å². The fourth-order valence-electron chi connectivity index (χ4n) is 1.69. The predicted octanol–water partition coefficient (Wildman–Crippen LogP) is 3.14. The Labute approximate surface area is 102 Å². The van der Waals surface area contributed by atoms with Gasteiger partial charge in [-0.1, -0.05) is 27.7 Å². The third-order valence-corrected chi connectivity index (χ3v) is 4.40. The number of aromatic nitrogens is 1. The van der Waals surface area contributed by atoms with Gasteiger partial charge in [-0.05, 0) is 18.3 Å². The van der Waals surface area contributed by atoms with Crippen LogP contribution in [0.4, 0.5) is 0 Å². The number of nitrogens with zero attached hydrogens (tertiary/aromatic N) is 1. The molecule has 2 rings (SSSR count). The molecule has 1 fully saturated rings. The molecule has 1 aromatic rings. The van der Waals surface area contributed by atoms with Crippen LogP contribution in [0.5, 0.6) is 0 Å². The Bertz CT molecular complexity index is 374. The van der Waals surface area contributed by atoms with Crippen LogP contribution < -0.4 is 0 Å². The van der Waals surface area contributed by atoms with E-state index in [0.29, 0.717) is 0 Å². The molecular weight excluding hydrogens is 218 g/mol. The van der Waals surface area contributed by atoms with Crippen molar-refractivity contribution in [1.82, 2.24) is 4.98 Å². The van der Waals surface area contributed by atoms with E-state index in [1.807, 2.05) is 0 Å². The lowest BCUT2D eigenvalue weighted by molar-refractivity contribution is 0.103. The standard InChI is InChI=1S/C13H21NOS/c1-12(2,3)9-8-16-11(14-9)7-10(15)13(4)5-6-13/h8,10,15H,5-7H2,1-4H3. The summed E-state index contributed by atoms with van der Waals surface area (Å²) < 4.78 is 0. The number of aliphatic hydroxyl groups is 1. The van der Waals surface area contributed by atoms with Crippen molar-refractivity contribution in [3.05, 3.63) is 16.1 Å². The molecule has 0 saturated heterocycles. The van der Waals surface area contributed by atoms with E-state index in [4.69, 9.17) is 0 Å². The molecule has 1 heterocycles. The average Bonchev–Trinajstić information content (AvgIpc) is 2.75. The monoisotopic (exact) mass is 239 g/mol. The molecule has 1 atom stereocenters. The zero-order valence-corrected chi connectivity index (χ0v) is 11.4. The van der Waals surface area contributed by atoms with Crippen molar-refractivity contribution in [2.45, 2.75) is 58.5 Å². The number of rotatable bonds is 3. The van der Waals surface area contributed by atoms with E-state index in [1.165, 1.54) is 0 Å². The Morgan fingerprint density at radius 3 is 2.56 bits per heavy atom. The smallest absolute Gasteiger partial charge is 0.0954 e. The summed E-state index contributed by atoms with van der Waals surface area (Å²) in [5, 5.41) is 13.3. The Morgan fingerprint density at radius 1 is 1.50 bits per heavy atom. The molecular formula is C13H21NOS. The highest BCUT2D eigenvalue weighted by Gasteiger charge is 2.44. The maximum Gasteiger partial charge on any atom is 0.0954 e. The lowest BCUT2D eigenvalue weighted by Gasteiger charge is -2.16. The molecule has 1 aliphatic carbocycles. The van der Waals surface area contributed by atoms with Crippen LogP contribution in [0.1, 0.15) is 51.2 Å². The van der Waals surface area contributed by atoms with Crippen LogP contribution in [0.15, 0.2) is 5.38 Å². The molecule has 0 radical (unpaired) electrons. The summed E-state index contributed by atoms with van der Waals surface area (Å²) in [5.74, 6) is 0. The number of hydrogen-bond acceptors (Lipinski definition) is 3. The first kappa shape index (κ1) is 12.1. The van der Waals surface area contributed by atoms with Gasteiger partial charge in [-0.15, -0.1) is 11.3 Å². The number of hydrogen-bond donors (Lipinski definition) is 1. The van der Waals surface area contributed by atoms with Gasteiger partial charge in [-0.25, -0.2) is 4.98 Å². The van der Waals surface area contributed by atoms with Gasteiger partial charge in [0.1, 0.15) is 0 Å². The first-order chi connectivity index (χ1) is 7.31. The van der Waals surface area contributed by atoms with E-state index in [0.717, 1.165) is 30.0 Å². The zero-order chi connectivity index (χ0) is 12.0. The van der Waals surface area contributed by atoms with Crippen LogP contribution in [0.3, 0.4) is 0 Å². The van der Waals surface area contributed by atoms with Gasteiger partial charge in [0.2, 0.25) is 0 Å². The second-order valence-electron chi connectivity index (χ2n) is 6.25. The maximum absolute atomic E-state index is 10.1. The van der Waals surface area contributed by atoms with E-state index >= 15 is 0 Å². The summed E-state index contributed by atoms with van der Waals surface area (Å²) in [7, 11) is 0. The molecule has 90 valence electrons. The quantitative estimate of drug-likeness (QED) is 0.879. The molecule has 1 aromatic heterocycles. The van der Waals surface area contributed by atoms with Crippen LogP contribution in [0.2, 0.25) is 0 Å². The van der Waals surface area contributed by atoms with Crippen molar-refractivity contribution < 1.29 is 5.11 Å². The van der Waals surface area contributed by atoms with E-state index < -0.39 is 0 Å². The molecule has 0 aliphatic heterocycles. The third kappa shape index (κ3) is 2.46. The van der Waals surface area contributed by atoms with Crippen LogP contribution in [0, 0.1) is 5.41 Å². The number of aliphatic hydroxyl groups excluding tert-OH is 1. The Kier molecular flexibility index (Phi) is 2.87. The fraction of sp³-hybridized carbons (Fsp3) is 0.769. The van der Waals surface area contributed by atoms with Crippen molar-refractivity contribution >= 4 is 11.3 Å². The van der Waals surface area contributed by atoms with E-state index in [1.54, 1.807) is 11.3 Å². The van der Waals surface area contributed by atoms with Gasteiger partial charge in [0.15, 0.2) is 0 Å². The molecule has 0 spiro atoms. The lowest BCUT2D eigenvalue weighted by Crippen LogP contribution is -2.21. The molecule has 0 amide bonds. The summed E-state index contributed by atoms with van der Waals surface area (Å²) in [4.78, 5) is 4.62. The largest absolute Gasteiger partial charge is 0.392 e. The molecule has 2 nitrogen and oxygen atoms in total. The molecule has 1 unspecified atom stereocenters. The molecule has 16 heavy (non-hydrogen) atoms. The van der Waals surface area contributed by atoms with Crippen molar-refractivity contribution in [3.8, 4) is 0 Å². The summed E-state index contributed by atoms with van der Waals surface area (Å²) in [6, 6.07) is 0. The lowest BCUT2D eigenvalue weighted by atomic mass is 9.93. The van der Waals surface area contributed by atoms with Crippen LogP contribution in [0.25, 0.3) is 0 Å². The fourth-order valence-corrected chi connectivity index (χ4v) is 2.75. The van der Waals surface area contributed by atoms with E-state index in [-0.39, 0.29) is 16.9 Å². The second kappa shape index (κ2) is 3.81. The van der Waals surface area contributed by atoms with Crippen LogP contribution in [-0.4, -0.2) is 16.2 Å². The molecule has 0 bridgehead atoms. The Hall–Kier alpha value is -0.410. The third-order valence-electron chi connectivity index (χ3n) is 3.53. The van der Waals surface area contributed by atoms with Gasteiger partial charge in [-0.3, -0.25) is 0 Å². The minimum atomic E-state index is -0.216. The van der Waals surface area contributed by atoms with Crippen LogP contribution >= 0.6 is 11.3 Å². The molecule has 1 aliphatic rings. The summed E-state index contributed by atoms with van der Waals surface area (Å²) in [6.07, 6.45) is 2.82. The topological polar surface area (TPSA) is 33.1 Å². The summed E-state index contributed by atoms with van der Waals surface area (Å²) in [6.45, 7) is 8.68. The minimum absolute atomic E-state index is 0.114. The van der Waals surface area contributed by atoms with Gasteiger partial charge in [-0.2, -0.15) is 0 Å². The zero-order valence-electron chi connectivity index (χ0n) is 10.6. The van der Waals surface area contributed by atoms with Gasteiger partial charge in [0.25, 0.3) is 0 Å². The molecule has 0 aromatic carbocycles. The highest BCUT2D eigenvalue weighted by Crippen LogP contribution is 2.49. The van der Waals surface area contributed by atoms with Gasteiger partial charge >= 0.3 is 0 Å². The molecule has 3 heteroatoms. The first-order valence-electron chi connectivity index (χ1n) is 5.94. The SMILES string of the molecule is CC(C)(C)c1csc(CC(O)C2(C)CC2)n1. The number of thiazole rings is 1. The predicted molar refractivity (Wildman–Crippen MR) is 67.9 cm³/mol. The summed E-state index contributed by atoms with van der Waals surface area (Å²) in [5.41, 5.74) is 1.43. The first-order valence-corrected chi connectivity index (χ1v) is 6.82. The van der Waals surface area contributed by atoms with Crippen molar-refractivity contribution in [3.63, 3.8) is 0 Å². The van der Waals surface area contributed by atoms with Crippen molar-refractivity contribution in [1.29, 1.82) is 0 Å². The minimum Gasteiger partial charge on any atom is -0.392 e. The van der Waals surface area contributed by atoms with E-state index in [2.05, 4.69) is 38.1 Å². The summed E-state index contributed by atoms with van der Waals surface area (Å²) >= 11 is 1.68. The van der Waals surface area contributed by atoms with Crippen molar-refractivity contribution in [2.24, 2.45) is 5.41 Å². The Morgan fingerprint density at radius 2 is 2.12 bits per heavy atom. The van der Waals surface area contributed by atoms with Gasteiger partial charge in [0, 0.05) is 17.2 Å². The van der Waals surface area contributed by atoms with Crippen LogP contribution in [-0.2, 0) is 11.8 Å². The highest BCUT2D eigenvalue weighted by molar-refractivity contribution is 7.09. The Balaban J connectivity index is 2.03. The average molecular weight is 239 g/mol. The second-order valence-corrected chi connectivity index (χ2v) is 7.19. The van der Waals surface area contributed by atoms with Gasteiger partial charge in [0.05, 0.1) is 16.8 Å². The maximum atomic E-state index is 10.1. The normalized spacial score (nSPS) is 20.8. The van der Waals surface area contributed by atoms with Gasteiger partial charge < -0.3 is 5.11 Å². The molecule has 1 saturated carbocycles.